The van der Waals surface area contributed by atoms with E-state index in [-0.39, 0.29) is 22.8 Å². The van der Waals surface area contributed by atoms with Crippen LogP contribution in [0.3, 0.4) is 0 Å². The van der Waals surface area contributed by atoms with Crippen molar-refractivity contribution in [3.8, 4) is 5.75 Å². The number of hydrogen-bond donors (Lipinski definition) is 0. The third-order valence-electron chi connectivity index (χ3n) is 8.23. The first-order chi connectivity index (χ1) is 18.4. The van der Waals surface area contributed by atoms with E-state index in [2.05, 4.69) is 96.7 Å². The summed E-state index contributed by atoms with van der Waals surface area (Å²) in [4.78, 5) is 2.66. The lowest BCUT2D eigenvalue weighted by molar-refractivity contribution is 0.0486. The molecule has 2 unspecified atom stereocenters. The van der Waals surface area contributed by atoms with Crippen LogP contribution < -0.4 is 10.0 Å². The first-order valence-electron chi connectivity index (χ1n) is 15.3. The maximum Gasteiger partial charge on any atom is 0.188 e. The lowest BCUT2D eigenvalue weighted by Gasteiger charge is -2.37. The van der Waals surface area contributed by atoms with Gasteiger partial charge in [0.25, 0.3) is 0 Å². The van der Waals surface area contributed by atoms with Gasteiger partial charge >= 0.3 is 0 Å². The van der Waals surface area contributed by atoms with Crippen molar-refractivity contribution in [1.29, 1.82) is 0 Å². The summed E-state index contributed by atoms with van der Waals surface area (Å²) in [5, 5.41) is 1.48. The fourth-order valence-electron chi connectivity index (χ4n) is 5.73. The number of methoxy groups -OCH3 is 1. The molecule has 1 saturated heterocycles. The van der Waals surface area contributed by atoms with Gasteiger partial charge in [0.15, 0.2) is 6.79 Å². The smallest absolute Gasteiger partial charge is 0.188 e. The highest BCUT2D eigenvalue weighted by atomic mass is 31.1. The van der Waals surface area contributed by atoms with Crippen LogP contribution in [-0.2, 0) is 27.3 Å². The number of piperidine rings is 1. The Morgan fingerprint density at radius 1 is 0.846 bits per heavy atom. The molecule has 0 spiro atoms. The van der Waals surface area contributed by atoms with Crippen molar-refractivity contribution >= 4 is 13.9 Å². The van der Waals surface area contributed by atoms with Crippen molar-refractivity contribution in [3.05, 3.63) is 58.7 Å². The van der Waals surface area contributed by atoms with Crippen LogP contribution in [0.1, 0.15) is 123 Å². The minimum absolute atomic E-state index is 0.0303. The third kappa shape index (κ3) is 8.79. The molecule has 4 heteroatoms. The molecule has 2 aromatic rings. The molecule has 1 aliphatic rings. The van der Waals surface area contributed by atoms with E-state index >= 15 is 0 Å². The molecule has 3 rings (SSSR count). The largest absolute Gasteiger partial charge is 0.467 e. The second kappa shape index (κ2) is 14.0. The summed E-state index contributed by atoms with van der Waals surface area (Å²) >= 11 is 0. The summed E-state index contributed by atoms with van der Waals surface area (Å²) in [5.74, 6) is 1.04. The fourth-order valence-corrected chi connectivity index (χ4v) is 7.45. The van der Waals surface area contributed by atoms with Crippen molar-refractivity contribution in [3.63, 3.8) is 0 Å². The van der Waals surface area contributed by atoms with Gasteiger partial charge in [0.1, 0.15) is 5.75 Å². The van der Waals surface area contributed by atoms with Crippen LogP contribution in [0.2, 0.25) is 0 Å². The van der Waals surface area contributed by atoms with Gasteiger partial charge in [-0.3, -0.25) is 4.90 Å². The lowest BCUT2D eigenvalue weighted by Crippen LogP contribution is -2.31. The highest BCUT2D eigenvalue weighted by molar-refractivity contribution is 7.48. The molecule has 3 nitrogen and oxygen atoms in total. The third-order valence-corrected chi connectivity index (χ3v) is 10.1. The number of rotatable bonds is 12. The van der Waals surface area contributed by atoms with Gasteiger partial charge in [-0.25, -0.2) is 0 Å². The van der Waals surface area contributed by atoms with Gasteiger partial charge in [-0.2, -0.15) is 0 Å². The zero-order valence-corrected chi connectivity index (χ0v) is 27.5. The summed E-state index contributed by atoms with van der Waals surface area (Å²) in [6.07, 6.45) is 8.89. The number of ether oxygens (including phenoxy) is 2. The molecule has 0 amide bonds. The molecule has 1 aliphatic heterocycles. The van der Waals surface area contributed by atoms with Gasteiger partial charge in [-0.05, 0) is 59.6 Å². The van der Waals surface area contributed by atoms with E-state index in [1.807, 2.05) is 0 Å². The SMILES string of the molecule is CCCCCC(C)(Pc1ccccc1CN1CCCCC1)c1cc(C(C)(C)C)cc(C(C)(C)C)c1OCOC. The molecule has 2 atom stereocenters. The van der Waals surface area contributed by atoms with Gasteiger partial charge in [0.2, 0.25) is 0 Å². The zero-order valence-electron chi connectivity index (χ0n) is 26.5. The summed E-state index contributed by atoms with van der Waals surface area (Å²) in [6, 6.07) is 14.1. The van der Waals surface area contributed by atoms with Crippen molar-refractivity contribution in [2.75, 3.05) is 27.0 Å². The molecule has 39 heavy (non-hydrogen) atoms. The standard InChI is InChI=1S/C35H56NO2P/c1-10-11-15-20-35(8,39-31-19-14-13-18-27(31)25-36-21-16-12-17-22-36)30-24-28(33(2,3)4)23-29(34(5,6)7)32(30)38-26-37-9/h13-14,18-19,23-24,39H,10-12,15-17,20-22,25-26H2,1-9H3. The molecule has 0 N–H and O–H groups in total. The Bertz CT molecular complexity index is 1050. The van der Waals surface area contributed by atoms with Crippen LogP contribution in [0.4, 0.5) is 0 Å². The first-order valence-corrected chi connectivity index (χ1v) is 16.3. The van der Waals surface area contributed by atoms with Gasteiger partial charge in [-0.1, -0.05) is 126 Å². The normalized spacial score (nSPS) is 17.1. The molecule has 1 heterocycles. The average Bonchev–Trinajstić information content (AvgIpc) is 2.88. The molecular formula is C35H56NO2P. The minimum atomic E-state index is -0.0430. The van der Waals surface area contributed by atoms with E-state index in [1.165, 1.54) is 79.2 Å². The maximum absolute atomic E-state index is 6.53. The summed E-state index contributed by atoms with van der Waals surface area (Å²) in [7, 11) is 2.39. The minimum Gasteiger partial charge on any atom is -0.467 e. The highest BCUT2D eigenvalue weighted by Crippen LogP contribution is 2.52. The molecule has 218 valence electrons. The number of unbranched alkanes of at least 4 members (excludes halogenated alkanes) is 2. The quantitative estimate of drug-likeness (QED) is 0.149. The number of nitrogens with zero attached hydrogens (tertiary/aromatic N) is 1. The molecule has 0 radical (unpaired) electrons. The number of benzene rings is 2. The molecule has 2 aromatic carbocycles. The van der Waals surface area contributed by atoms with E-state index in [1.54, 1.807) is 7.11 Å². The van der Waals surface area contributed by atoms with Crippen LogP contribution in [0.25, 0.3) is 0 Å². The molecular weight excluding hydrogens is 497 g/mol. The monoisotopic (exact) mass is 553 g/mol. The van der Waals surface area contributed by atoms with Crippen LogP contribution in [0.15, 0.2) is 36.4 Å². The Kier molecular flexibility index (Phi) is 11.5. The van der Waals surface area contributed by atoms with E-state index in [0.717, 1.165) is 18.7 Å². The summed E-state index contributed by atoms with van der Waals surface area (Å²) in [5.41, 5.74) is 5.55. The Hall–Kier alpha value is -1.41. The lowest BCUT2D eigenvalue weighted by atomic mass is 9.76. The van der Waals surface area contributed by atoms with Crippen molar-refractivity contribution in [2.24, 2.45) is 0 Å². The van der Waals surface area contributed by atoms with Crippen LogP contribution in [0.5, 0.6) is 5.75 Å². The van der Waals surface area contributed by atoms with Crippen LogP contribution >= 0.6 is 8.58 Å². The van der Waals surface area contributed by atoms with E-state index in [9.17, 15) is 0 Å². The Morgan fingerprint density at radius 2 is 1.51 bits per heavy atom. The molecule has 0 saturated carbocycles. The molecule has 0 aliphatic carbocycles. The molecule has 0 aromatic heterocycles. The molecule has 1 fully saturated rings. The second-order valence-corrected chi connectivity index (χ2v) is 15.8. The predicted molar refractivity (Wildman–Crippen MR) is 171 cm³/mol. The topological polar surface area (TPSA) is 21.7 Å². The fraction of sp³-hybridized carbons (Fsp3) is 0.657. The van der Waals surface area contributed by atoms with E-state index < -0.39 is 0 Å². The second-order valence-electron chi connectivity index (χ2n) is 13.9. The van der Waals surface area contributed by atoms with Crippen LogP contribution in [0, 0.1) is 0 Å². The number of likely N-dealkylation sites (tertiary alicyclic amines) is 1. The Labute approximate surface area is 242 Å². The van der Waals surface area contributed by atoms with E-state index in [4.69, 9.17) is 9.47 Å². The first kappa shape index (κ1) is 32.1. The maximum atomic E-state index is 6.53. The number of hydrogen-bond acceptors (Lipinski definition) is 3. The molecule has 0 bridgehead atoms. The van der Waals surface area contributed by atoms with E-state index in [0.29, 0.717) is 8.58 Å². The van der Waals surface area contributed by atoms with Gasteiger partial charge in [-0.15, -0.1) is 0 Å². The van der Waals surface area contributed by atoms with Gasteiger partial charge in [0, 0.05) is 29.9 Å². The van der Waals surface area contributed by atoms with Crippen molar-refractivity contribution < 1.29 is 9.47 Å². The Morgan fingerprint density at radius 3 is 2.13 bits per heavy atom. The Balaban J connectivity index is 2.17. The van der Waals surface area contributed by atoms with Gasteiger partial charge in [0.05, 0.1) is 0 Å². The summed E-state index contributed by atoms with van der Waals surface area (Å²) in [6.45, 7) is 22.5. The summed E-state index contributed by atoms with van der Waals surface area (Å²) < 4.78 is 12.0. The predicted octanol–water partition coefficient (Wildman–Crippen LogP) is 9.05. The van der Waals surface area contributed by atoms with Crippen molar-refractivity contribution in [1.82, 2.24) is 4.90 Å². The highest BCUT2D eigenvalue weighted by Gasteiger charge is 2.36. The van der Waals surface area contributed by atoms with Gasteiger partial charge < -0.3 is 9.47 Å². The van der Waals surface area contributed by atoms with Crippen LogP contribution in [-0.4, -0.2) is 31.9 Å². The zero-order chi connectivity index (χ0) is 28.7. The average molecular weight is 554 g/mol. The van der Waals surface area contributed by atoms with Crippen molar-refractivity contribution in [2.45, 2.75) is 123 Å².